The summed E-state index contributed by atoms with van der Waals surface area (Å²) in [5, 5.41) is 17.5. The highest BCUT2D eigenvalue weighted by atomic mass is 19.1. The first-order chi connectivity index (χ1) is 17.0. The minimum absolute atomic E-state index is 0.00149. The minimum atomic E-state index is -0.922. The highest BCUT2D eigenvalue weighted by Crippen LogP contribution is 2.44. The lowest BCUT2D eigenvalue weighted by Gasteiger charge is -2.30. The number of rotatable bonds is 4. The molecule has 1 aromatic carbocycles. The smallest absolute Gasteiger partial charge is 0.332 e. The molecule has 0 amide bonds. The number of halogens is 1. The Kier molecular flexibility index (Phi) is 5.53. The zero-order chi connectivity index (χ0) is 24.1. The Hall–Kier alpha value is -3.30. The van der Waals surface area contributed by atoms with E-state index in [2.05, 4.69) is 20.8 Å². The van der Waals surface area contributed by atoms with Crippen LogP contribution >= 0.6 is 0 Å². The second-order valence-corrected chi connectivity index (χ2v) is 9.55. The van der Waals surface area contributed by atoms with Gasteiger partial charge in [-0.2, -0.15) is 5.10 Å². The Labute approximate surface area is 201 Å². The summed E-state index contributed by atoms with van der Waals surface area (Å²) in [5.74, 6) is -0.933. The van der Waals surface area contributed by atoms with Crippen molar-refractivity contribution in [3.8, 4) is 5.69 Å². The quantitative estimate of drug-likeness (QED) is 0.445. The van der Waals surface area contributed by atoms with Gasteiger partial charge in [-0.1, -0.05) is 0 Å². The van der Waals surface area contributed by atoms with E-state index in [9.17, 15) is 14.3 Å². The maximum absolute atomic E-state index is 14.2. The van der Waals surface area contributed by atoms with E-state index in [4.69, 9.17) is 14.5 Å². The van der Waals surface area contributed by atoms with E-state index in [-0.39, 0.29) is 17.7 Å². The number of aromatic nitrogens is 4. The maximum atomic E-state index is 14.2. The van der Waals surface area contributed by atoms with Gasteiger partial charge < -0.3 is 19.1 Å². The van der Waals surface area contributed by atoms with Crippen LogP contribution in [-0.4, -0.2) is 56.7 Å². The van der Waals surface area contributed by atoms with Crippen molar-refractivity contribution in [2.24, 2.45) is 0 Å². The largest absolute Gasteiger partial charge is 0.479 e. The lowest BCUT2D eigenvalue weighted by atomic mass is 9.85. The molecule has 3 aromatic heterocycles. The molecule has 0 bridgehead atoms. The number of benzene rings is 1. The van der Waals surface area contributed by atoms with Crippen LogP contribution in [0.2, 0.25) is 0 Å². The molecule has 4 aromatic rings. The van der Waals surface area contributed by atoms with Gasteiger partial charge in [-0.05, 0) is 62.4 Å². The molecule has 9 heteroatoms. The zero-order valence-corrected chi connectivity index (χ0v) is 19.5. The first kappa shape index (κ1) is 22.2. The molecule has 2 fully saturated rings. The highest BCUT2D eigenvalue weighted by Gasteiger charge is 2.35. The number of ether oxygens (including phenoxy) is 2. The second kappa shape index (κ2) is 8.73. The standard InChI is InChI=1S/C26H27FN4O4/c1-14-10-18(3-4-19(14)27)31-20-11-17-12-28-30-25(17)29-23(20)22(24(31)15-6-8-34-9-7-15)16-2-5-21(26(32)33)35-13-16/h3-4,10-12,15-16,21H,2,5-9,13H2,1H3,(H,32,33)(H,28,29,30). The third-order valence-corrected chi connectivity index (χ3v) is 7.39. The molecule has 0 radical (unpaired) electrons. The van der Waals surface area contributed by atoms with E-state index in [1.807, 2.05) is 12.1 Å². The van der Waals surface area contributed by atoms with Crippen LogP contribution < -0.4 is 0 Å². The number of carboxylic acids is 1. The molecule has 35 heavy (non-hydrogen) atoms. The number of pyridine rings is 1. The minimum Gasteiger partial charge on any atom is -0.479 e. The van der Waals surface area contributed by atoms with Crippen LogP contribution in [0.4, 0.5) is 4.39 Å². The summed E-state index contributed by atoms with van der Waals surface area (Å²) in [6.07, 6.45) is 3.85. The molecule has 5 heterocycles. The summed E-state index contributed by atoms with van der Waals surface area (Å²) in [5.41, 5.74) is 6.18. The fourth-order valence-corrected chi connectivity index (χ4v) is 5.60. The van der Waals surface area contributed by atoms with E-state index < -0.39 is 12.1 Å². The van der Waals surface area contributed by atoms with Crippen molar-refractivity contribution in [1.29, 1.82) is 0 Å². The predicted molar refractivity (Wildman–Crippen MR) is 128 cm³/mol. The van der Waals surface area contributed by atoms with Gasteiger partial charge in [0.1, 0.15) is 5.82 Å². The van der Waals surface area contributed by atoms with Gasteiger partial charge in [0, 0.05) is 47.4 Å². The van der Waals surface area contributed by atoms with Crippen LogP contribution in [0.5, 0.6) is 0 Å². The first-order valence-electron chi connectivity index (χ1n) is 12.1. The Bertz CT molecular complexity index is 1410. The number of aryl methyl sites for hydroxylation is 1. The fraction of sp³-hybridized carbons (Fsp3) is 0.423. The number of aliphatic carboxylic acids is 1. The number of aromatic amines is 1. The van der Waals surface area contributed by atoms with Gasteiger partial charge in [-0.15, -0.1) is 0 Å². The average Bonchev–Trinajstić information content (AvgIpc) is 3.46. The lowest BCUT2D eigenvalue weighted by Crippen LogP contribution is -2.32. The lowest BCUT2D eigenvalue weighted by molar-refractivity contribution is -0.153. The third-order valence-electron chi connectivity index (χ3n) is 7.39. The summed E-state index contributed by atoms with van der Waals surface area (Å²) < 4.78 is 27.9. The van der Waals surface area contributed by atoms with Crippen molar-refractivity contribution in [3.63, 3.8) is 0 Å². The number of hydrogen-bond donors (Lipinski definition) is 2. The number of nitrogens with zero attached hydrogens (tertiary/aromatic N) is 3. The molecule has 2 unspecified atom stereocenters. The molecule has 2 aliphatic heterocycles. The van der Waals surface area contributed by atoms with Crippen LogP contribution in [0.25, 0.3) is 27.8 Å². The van der Waals surface area contributed by atoms with Gasteiger partial charge in [0.25, 0.3) is 0 Å². The number of carbonyl (C=O) groups is 1. The molecule has 182 valence electrons. The van der Waals surface area contributed by atoms with Crippen molar-refractivity contribution in [3.05, 3.63) is 53.1 Å². The zero-order valence-electron chi connectivity index (χ0n) is 19.5. The van der Waals surface area contributed by atoms with E-state index in [0.29, 0.717) is 43.9 Å². The Morgan fingerprint density at radius 2 is 2.00 bits per heavy atom. The molecule has 2 saturated heterocycles. The van der Waals surface area contributed by atoms with E-state index in [1.54, 1.807) is 13.1 Å². The van der Waals surface area contributed by atoms with Crippen LogP contribution in [0.1, 0.15) is 54.3 Å². The molecule has 0 spiro atoms. The van der Waals surface area contributed by atoms with Crippen LogP contribution in [-0.2, 0) is 14.3 Å². The molecule has 6 rings (SSSR count). The normalized spacial score (nSPS) is 21.7. The van der Waals surface area contributed by atoms with Crippen molar-refractivity contribution in [2.45, 2.75) is 50.5 Å². The van der Waals surface area contributed by atoms with Crippen molar-refractivity contribution in [1.82, 2.24) is 19.7 Å². The molecule has 0 saturated carbocycles. The Morgan fingerprint density at radius 3 is 2.71 bits per heavy atom. The number of nitrogens with one attached hydrogen (secondary N) is 1. The number of hydrogen-bond acceptors (Lipinski definition) is 5. The predicted octanol–water partition coefficient (Wildman–Crippen LogP) is 4.59. The fourth-order valence-electron chi connectivity index (χ4n) is 5.60. The highest BCUT2D eigenvalue weighted by molar-refractivity contribution is 5.93. The van der Waals surface area contributed by atoms with Crippen LogP contribution in [0, 0.1) is 12.7 Å². The SMILES string of the molecule is Cc1cc(-n2c(C3CCOCC3)c(C3CCC(C(=O)O)OC3)c3nc4[nH]ncc4cc32)ccc1F. The van der Waals surface area contributed by atoms with E-state index in [1.165, 1.54) is 6.07 Å². The topological polar surface area (TPSA) is 102 Å². The number of H-pyrrole nitrogens is 1. The third kappa shape index (κ3) is 3.79. The van der Waals surface area contributed by atoms with Crippen LogP contribution in [0.3, 0.4) is 0 Å². The molecule has 2 N–H and O–H groups in total. The second-order valence-electron chi connectivity index (χ2n) is 9.55. The molecular formula is C26H27FN4O4. The van der Waals surface area contributed by atoms with Gasteiger partial charge in [-0.25, -0.2) is 14.2 Å². The summed E-state index contributed by atoms with van der Waals surface area (Å²) >= 11 is 0. The Morgan fingerprint density at radius 1 is 1.17 bits per heavy atom. The van der Waals surface area contributed by atoms with Gasteiger partial charge >= 0.3 is 5.97 Å². The monoisotopic (exact) mass is 478 g/mol. The average molecular weight is 479 g/mol. The first-order valence-corrected chi connectivity index (χ1v) is 12.1. The summed E-state index contributed by atoms with van der Waals surface area (Å²) in [6.45, 7) is 3.44. The van der Waals surface area contributed by atoms with Crippen molar-refractivity contribution in [2.75, 3.05) is 19.8 Å². The molecule has 0 aliphatic carbocycles. The molecular weight excluding hydrogens is 451 g/mol. The van der Waals surface area contributed by atoms with Gasteiger partial charge in [0.2, 0.25) is 0 Å². The van der Waals surface area contributed by atoms with E-state index >= 15 is 0 Å². The van der Waals surface area contributed by atoms with Crippen molar-refractivity contribution >= 4 is 28.0 Å². The number of carboxylic acid groups (broad SMARTS) is 1. The number of fused-ring (bicyclic) bond motifs is 2. The van der Waals surface area contributed by atoms with Crippen LogP contribution in [0.15, 0.2) is 30.5 Å². The Balaban J connectivity index is 1.62. The maximum Gasteiger partial charge on any atom is 0.332 e. The molecule has 8 nitrogen and oxygen atoms in total. The molecule has 2 atom stereocenters. The molecule has 2 aliphatic rings. The summed E-state index contributed by atoms with van der Waals surface area (Å²) in [7, 11) is 0. The van der Waals surface area contributed by atoms with Gasteiger partial charge in [0.05, 0.1) is 23.8 Å². The van der Waals surface area contributed by atoms with Gasteiger partial charge in [-0.3, -0.25) is 5.10 Å². The summed E-state index contributed by atoms with van der Waals surface area (Å²) in [6, 6.07) is 7.27. The van der Waals surface area contributed by atoms with Crippen molar-refractivity contribution < 1.29 is 23.8 Å². The van der Waals surface area contributed by atoms with E-state index in [0.717, 1.165) is 46.2 Å². The van der Waals surface area contributed by atoms with Gasteiger partial charge in [0.15, 0.2) is 11.8 Å². The summed E-state index contributed by atoms with van der Waals surface area (Å²) in [4.78, 5) is 16.5.